The summed E-state index contributed by atoms with van der Waals surface area (Å²) in [5, 5.41) is 0. The maximum absolute atomic E-state index is 12.6. The zero-order valence-electron chi connectivity index (χ0n) is 11.4. The Morgan fingerprint density at radius 3 is 2.75 bits per heavy atom. The number of thioether (sulfide) groups is 1. The van der Waals surface area contributed by atoms with Gasteiger partial charge in [0.05, 0.1) is 12.2 Å². The van der Waals surface area contributed by atoms with Crippen LogP contribution in [0.1, 0.15) is 28.4 Å². The van der Waals surface area contributed by atoms with Crippen molar-refractivity contribution in [2.75, 3.05) is 12.4 Å². The van der Waals surface area contributed by atoms with Crippen molar-refractivity contribution in [3.8, 4) is 5.75 Å². The molecule has 2 aromatic carbocycles. The molecule has 0 unspecified atom stereocenters. The first-order valence-electron chi connectivity index (χ1n) is 6.82. The third-order valence-corrected chi connectivity index (χ3v) is 4.28. The number of hydrogen-bond acceptors (Lipinski definition) is 3. The average molecular weight is 284 g/mol. The molecule has 1 aliphatic rings. The number of para-hydroxylation sites is 1. The molecule has 0 atom stereocenters. The van der Waals surface area contributed by atoms with Crippen molar-refractivity contribution in [2.45, 2.75) is 18.2 Å². The largest absolute Gasteiger partial charge is 0.492 e. The Hall–Kier alpha value is -1.74. The van der Waals surface area contributed by atoms with E-state index in [1.165, 1.54) is 4.90 Å². The molecule has 0 N–H and O–H groups in total. The van der Waals surface area contributed by atoms with E-state index in [1.54, 1.807) is 11.8 Å². The van der Waals surface area contributed by atoms with E-state index in [4.69, 9.17) is 4.74 Å². The molecule has 0 aromatic heterocycles. The van der Waals surface area contributed by atoms with Crippen LogP contribution in [0.4, 0.5) is 0 Å². The quantitative estimate of drug-likeness (QED) is 0.628. The fourth-order valence-corrected chi connectivity index (χ4v) is 3.08. The van der Waals surface area contributed by atoms with Gasteiger partial charge in [0.25, 0.3) is 0 Å². The van der Waals surface area contributed by atoms with E-state index in [2.05, 4.69) is 6.92 Å². The molecule has 2 aromatic rings. The van der Waals surface area contributed by atoms with Gasteiger partial charge in [0.1, 0.15) is 5.75 Å². The van der Waals surface area contributed by atoms with Gasteiger partial charge in [0.15, 0.2) is 5.78 Å². The van der Waals surface area contributed by atoms with Gasteiger partial charge in [0, 0.05) is 16.9 Å². The van der Waals surface area contributed by atoms with Crippen molar-refractivity contribution >= 4 is 17.5 Å². The third-order valence-electron chi connectivity index (χ3n) is 3.39. The average Bonchev–Trinajstić information content (AvgIpc) is 2.96. The predicted octanol–water partition coefficient (Wildman–Crippen LogP) is 3.96. The minimum Gasteiger partial charge on any atom is -0.492 e. The van der Waals surface area contributed by atoms with Crippen molar-refractivity contribution in [3.05, 3.63) is 59.2 Å². The SMILES string of the molecule is CCSc1ccc(C(=O)c2cccc3c2OCC3)cc1. The molecular weight excluding hydrogens is 268 g/mol. The number of fused-ring (bicyclic) bond motifs is 1. The van der Waals surface area contributed by atoms with Crippen molar-refractivity contribution in [3.63, 3.8) is 0 Å². The van der Waals surface area contributed by atoms with Crippen molar-refractivity contribution in [1.29, 1.82) is 0 Å². The van der Waals surface area contributed by atoms with Crippen LogP contribution in [-0.4, -0.2) is 18.1 Å². The number of carbonyl (C=O) groups is 1. The highest BCUT2D eigenvalue weighted by molar-refractivity contribution is 7.99. The number of ether oxygens (including phenoxy) is 1. The van der Waals surface area contributed by atoms with Crippen molar-refractivity contribution < 1.29 is 9.53 Å². The second-order valence-corrected chi connectivity index (χ2v) is 6.02. The normalized spacial score (nSPS) is 12.8. The predicted molar refractivity (Wildman–Crippen MR) is 81.9 cm³/mol. The smallest absolute Gasteiger partial charge is 0.196 e. The zero-order valence-corrected chi connectivity index (χ0v) is 12.2. The fraction of sp³-hybridized carbons (Fsp3) is 0.235. The fourth-order valence-electron chi connectivity index (χ4n) is 2.42. The maximum atomic E-state index is 12.6. The minimum absolute atomic E-state index is 0.0387. The second-order valence-electron chi connectivity index (χ2n) is 4.68. The summed E-state index contributed by atoms with van der Waals surface area (Å²) in [5.41, 5.74) is 2.53. The van der Waals surface area contributed by atoms with Crippen LogP contribution in [0.2, 0.25) is 0 Å². The van der Waals surface area contributed by atoms with Crippen LogP contribution in [0, 0.1) is 0 Å². The monoisotopic (exact) mass is 284 g/mol. The summed E-state index contributed by atoms with van der Waals surface area (Å²) in [6, 6.07) is 13.6. The second kappa shape index (κ2) is 5.71. The Labute approximate surface area is 123 Å². The lowest BCUT2D eigenvalue weighted by Gasteiger charge is -2.07. The van der Waals surface area contributed by atoms with Crippen LogP contribution >= 0.6 is 11.8 Å². The van der Waals surface area contributed by atoms with Crippen LogP contribution in [0.15, 0.2) is 47.4 Å². The van der Waals surface area contributed by atoms with E-state index in [0.717, 1.165) is 23.5 Å². The maximum Gasteiger partial charge on any atom is 0.196 e. The van der Waals surface area contributed by atoms with E-state index in [1.807, 2.05) is 42.5 Å². The number of carbonyl (C=O) groups excluding carboxylic acids is 1. The van der Waals surface area contributed by atoms with E-state index in [9.17, 15) is 4.79 Å². The number of ketones is 1. The van der Waals surface area contributed by atoms with Crippen LogP contribution in [0.3, 0.4) is 0 Å². The molecule has 0 spiro atoms. The Balaban J connectivity index is 1.91. The molecule has 0 saturated carbocycles. The first-order chi connectivity index (χ1) is 9.79. The van der Waals surface area contributed by atoms with Gasteiger partial charge < -0.3 is 4.74 Å². The number of hydrogen-bond donors (Lipinski definition) is 0. The molecule has 1 aliphatic heterocycles. The van der Waals surface area contributed by atoms with Gasteiger partial charge in [-0.2, -0.15) is 0 Å². The summed E-state index contributed by atoms with van der Waals surface area (Å²) in [4.78, 5) is 13.8. The third kappa shape index (κ3) is 2.46. The highest BCUT2D eigenvalue weighted by atomic mass is 32.2. The summed E-state index contributed by atoms with van der Waals surface area (Å²) in [6.07, 6.45) is 0.891. The zero-order chi connectivity index (χ0) is 13.9. The summed E-state index contributed by atoms with van der Waals surface area (Å²) in [5.74, 6) is 1.84. The van der Waals surface area contributed by atoms with Gasteiger partial charge in [-0.15, -0.1) is 11.8 Å². The molecule has 3 rings (SSSR count). The molecule has 0 radical (unpaired) electrons. The molecule has 0 saturated heterocycles. The lowest BCUT2D eigenvalue weighted by molar-refractivity contribution is 0.103. The van der Waals surface area contributed by atoms with Gasteiger partial charge in [0.2, 0.25) is 0 Å². The first-order valence-corrected chi connectivity index (χ1v) is 7.80. The summed E-state index contributed by atoms with van der Waals surface area (Å²) in [7, 11) is 0. The van der Waals surface area contributed by atoms with E-state index < -0.39 is 0 Å². The Kier molecular flexibility index (Phi) is 3.79. The summed E-state index contributed by atoms with van der Waals surface area (Å²) >= 11 is 1.78. The van der Waals surface area contributed by atoms with E-state index in [-0.39, 0.29) is 5.78 Å². The van der Waals surface area contributed by atoms with E-state index >= 15 is 0 Å². The summed E-state index contributed by atoms with van der Waals surface area (Å²) in [6.45, 7) is 2.79. The molecular formula is C17H16O2S. The molecule has 0 aliphatic carbocycles. The highest BCUT2D eigenvalue weighted by Gasteiger charge is 2.21. The van der Waals surface area contributed by atoms with Gasteiger partial charge in [-0.1, -0.05) is 19.1 Å². The summed E-state index contributed by atoms with van der Waals surface area (Å²) < 4.78 is 5.61. The van der Waals surface area contributed by atoms with E-state index in [0.29, 0.717) is 17.7 Å². The molecule has 3 heteroatoms. The Morgan fingerprint density at radius 2 is 2.00 bits per heavy atom. The van der Waals surface area contributed by atoms with Gasteiger partial charge >= 0.3 is 0 Å². The molecule has 0 amide bonds. The minimum atomic E-state index is 0.0387. The van der Waals surface area contributed by atoms with Gasteiger partial charge in [-0.3, -0.25) is 4.79 Å². The van der Waals surface area contributed by atoms with Crippen molar-refractivity contribution in [1.82, 2.24) is 0 Å². The van der Waals surface area contributed by atoms with Crippen LogP contribution in [0.25, 0.3) is 0 Å². The van der Waals surface area contributed by atoms with Crippen molar-refractivity contribution in [2.24, 2.45) is 0 Å². The lowest BCUT2D eigenvalue weighted by Crippen LogP contribution is -2.03. The lowest BCUT2D eigenvalue weighted by atomic mass is 10.00. The van der Waals surface area contributed by atoms with Crippen LogP contribution in [0.5, 0.6) is 5.75 Å². The molecule has 0 fully saturated rings. The number of benzene rings is 2. The molecule has 102 valence electrons. The highest BCUT2D eigenvalue weighted by Crippen LogP contribution is 2.31. The van der Waals surface area contributed by atoms with Crippen LogP contribution < -0.4 is 4.74 Å². The molecule has 2 nitrogen and oxygen atoms in total. The standard InChI is InChI=1S/C17H16O2S/c1-2-20-14-8-6-12(7-9-14)16(18)15-5-3-4-13-10-11-19-17(13)15/h3-9H,2,10-11H2,1H3. The molecule has 0 bridgehead atoms. The first kappa shape index (κ1) is 13.3. The molecule has 20 heavy (non-hydrogen) atoms. The van der Waals surface area contributed by atoms with Crippen LogP contribution in [-0.2, 0) is 6.42 Å². The van der Waals surface area contributed by atoms with Gasteiger partial charge in [-0.25, -0.2) is 0 Å². The Bertz CT molecular complexity index is 632. The topological polar surface area (TPSA) is 26.3 Å². The number of rotatable bonds is 4. The van der Waals surface area contributed by atoms with Gasteiger partial charge in [-0.05, 0) is 41.6 Å². The Morgan fingerprint density at radius 1 is 1.20 bits per heavy atom. The molecule has 1 heterocycles.